The van der Waals surface area contributed by atoms with Crippen LogP contribution in [0.2, 0.25) is 5.02 Å². The van der Waals surface area contributed by atoms with Gasteiger partial charge in [0, 0.05) is 17.6 Å². The van der Waals surface area contributed by atoms with E-state index in [0.717, 1.165) is 32.9 Å². The lowest BCUT2D eigenvalue weighted by atomic mass is 10.1. The first kappa shape index (κ1) is 16.1. The van der Waals surface area contributed by atoms with Crippen LogP contribution < -0.4 is 5.32 Å². The third-order valence-corrected chi connectivity index (χ3v) is 4.93. The van der Waals surface area contributed by atoms with E-state index in [1.165, 1.54) is 0 Å². The van der Waals surface area contributed by atoms with Crippen molar-refractivity contribution in [1.29, 1.82) is 0 Å². The molecule has 0 radical (unpaired) electrons. The summed E-state index contributed by atoms with van der Waals surface area (Å²) >= 11 is 7.55. The molecule has 23 heavy (non-hydrogen) atoms. The summed E-state index contributed by atoms with van der Waals surface area (Å²) in [5.74, 6) is -0.0175. The van der Waals surface area contributed by atoms with Crippen molar-refractivity contribution in [3.8, 4) is 0 Å². The minimum atomic E-state index is -0.0175. The van der Waals surface area contributed by atoms with E-state index in [1.807, 2.05) is 30.3 Å². The van der Waals surface area contributed by atoms with Gasteiger partial charge in [0.1, 0.15) is 5.69 Å². The molecule has 3 aromatic rings. The van der Waals surface area contributed by atoms with Crippen LogP contribution in [-0.4, -0.2) is 17.0 Å². The predicted molar refractivity (Wildman–Crippen MR) is 97.7 cm³/mol. The number of thiophene rings is 1. The highest BCUT2D eigenvalue weighted by atomic mass is 35.5. The Morgan fingerprint density at radius 1 is 1.26 bits per heavy atom. The van der Waals surface area contributed by atoms with Gasteiger partial charge in [0.05, 0.1) is 10.2 Å². The minimum Gasteiger partial charge on any atom is -0.350 e. The molecule has 3 nitrogen and oxygen atoms in total. The molecule has 5 heteroatoms. The fraction of sp³-hybridized carbons (Fsp3) is 0.278. The van der Waals surface area contributed by atoms with Crippen molar-refractivity contribution >= 4 is 39.1 Å². The van der Waals surface area contributed by atoms with Crippen LogP contribution in [0.25, 0.3) is 10.2 Å². The van der Waals surface area contributed by atoms with Crippen LogP contribution in [-0.2, 0) is 6.42 Å². The van der Waals surface area contributed by atoms with Gasteiger partial charge in [-0.2, -0.15) is 0 Å². The average molecular weight is 347 g/mol. The van der Waals surface area contributed by atoms with Crippen LogP contribution in [0, 0.1) is 0 Å². The Labute approximate surface area is 144 Å². The molecule has 0 unspecified atom stereocenters. The Hall–Kier alpha value is -1.78. The highest BCUT2D eigenvalue weighted by molar-refractivity contribution is 7.17. The molecule has 0 atom stereocenters. The number of halogens is 1. The molecule has 0 saturated carbocycles. The zero-order valence-electron chi connectivity index (χ0n) is 13.2. The van der Waals surface area contributed by atoms with Crippen LogP contribution in [0.3, 0.4) is 0 Å². The molecule has 2 aromatic heterocycles. The van der Waals surface area contributed by atoms with Gasteiger partial charge >= 0.3 is 0 Å². The summed E-state index contributed by atoms with van der Waals surface area (Å²) in [5, 5.41) is 5.81. The topological polar surface area (TPSA) is 34.0 Å². The van der Waals surface area contributed by atoms with E-state index in [1.54, 1.807) is 11.3 Å². The van der Waals surface area contributed by atoms with Gasteiger partial charge < -0.3 is 9.88 Å². The first-order valence-corrected chi connectivity index (χ1v) is 8.93. The predicted octanol–water partition coefficient (Wildman–Crippen LogP) is 4.91. The third-order valence-electron chi connectivity index (χ3n) is 3.82. The number of carbonyl (C=O) groups excluding carboxylic acids is 1. The maximum atomic E-state index is 12.5. The van der Waals surface area contributed by atoms with Crippen molar-refractivity contribution in [3.05, 3.63) is 58.1 Å². The number of rotatable bonds is 5. The number of nitrogens with zero attached hydrogens (tertiary/aromatic N) is 1. The molecule has 0 fully saturated rings. The van der Waals surface area contributed by atoms with Crippen LogP contribution in [0.4, 0.5) is 0 Å². The van der Waals surface area contributed by atoms with Gasteiger partial charge in [0.25, 0.3) is 5.91 Å². The molecule has 1 N–H and O–H groups in total. The highest BCUT2D eigenvalue weighted by Crippen LogP contribution is 2.28. The summed E-state index contributed by atoms with van der Waals surface area (Å²) < 4.78 is 3.25. The molecule has 0 bridgehead atoms. The molecule has 2 heterocycles. The second-order valence-electron chi connectivity index (χ2n) is 5.80. The van der Waals surface area contributed by atoms with Crippen LogP contribution >= 0.6 is 22.9 Å². The number of carbonyl (C=O) groups is 1. The number of aromatic nitrogens is 1. The molecular formula is C18H19ClN2OS. The lowest BCUT2D eigenvalue weighted by Gasteiger charge is -2.14. The van der Waals surface area contributed by atoms with E-state index < -0.39 is 0 Å². The maximum Gasteiger partial charge on any atom is 0.267 e. The lowest BCUT2D eigenvalue weighted by molar-refractivity contribution is 0.0944. The van der Waals surface area contributed by atoms with E-state index in [2.05, 4.69) is 35.2 Å². The van der Waals surface area contributed by atoms with Crippen LogP contribution in [0.15, 0.2) is 41.8 Å². The Kier molecular flexibility index (Phi) is 4.74. The van der Waals surface area contributed by atoms with Gasteiger partial charge in [0.15, 0.2) is 0 Å². The summed E-state index contributed by atoms with van der Waals surface area (Å²) in [5.41, 5.74) is 3.03. The molecule has 0 saturated heterocycles. The second-order valence-corrected chi connectivity index (χ2v) is 7.18. The Morgan fingerprint density at radius 3 is 2.70 bits per heavy atom. The normalized spacial score (nSPS) is 11.3. The van der Waals surface area contributed by atoms with Crippen molar-refractivity contribution in [2.24, 2.45) is 0 Å². The molecule has 3 rings (SSSR count). The third kappa shape index (κ3) is 3.43. The van der Waals surface area contributed by atoms with Gasteiger partial charge in [-0.05, 0) is 55.5 Å². The molecule has 0 spiro atoms. The van der Waals surface area contributed by atoms with Gasteiger partial charge in [0.2, 0.25) is 0 Å². The Balaban J connectivity index is 1.69. The number of fused-ring (bicyclic) bond motifs is 1. The summed E-state index contributed by atoms with van der Waals surface area (Å²) in [7, 11) is 0. The molecule has 0 aliphatic carbocycles. The SMILES string of the molecule is CC(C)n1c(C(=O)NCCc2ccc(Cl)cc2)cc2sccc21. The van der Waals surface area contributed by atoms with E-state index in [-0.39, 0.29) is 11.9 Å². The Morgan fingerprint density at radius 2 is 2.00 bits per heavy atom. The van der Waals surface area contributed by atoms with E-state index in [9.17, 15) is 4.79 Å². The zero-order valence-corrected chi connectivity index (χ0v) is 14.7. The molecule has 0 aliphatic rings. The zero-order chi connectivity index (χ0) is 16.4. The smallest absolute Gasteiger partial charge is 0.267 e. The van der Waals surface area contributed by atoms with E-state index >= 15 is 0 Å². The molecule has 1 aromatic carbocycles. The van der Waals surface area contributed by atoms with Crippen molar-refractivity contribution in [3.63, 3.8) is 0 Å². The summed E-state index contributed by atoms with van der Waals surface area (Å²) in [6, 6.07) is 12.0. The lowest BCUT2D eigenvalue weighted by Crippen LogP contribution is -2.28. The standard InChI is InChI=1S/C18H19ClN2OS/c1-12(2)21-15-8-10-23-17(15)11-16(21)18(22)20-9-7-13-3-5-14(19)6-4-13/h3-6,8,10-12H,7,9H2,1-2H3,(H,20,22). The van der Waals surface area contributed by atoms with Crippen LogP contribution in [0.5, 0.6) is 0 Å². The first-order valence-electron chi connectivity index (χ1n) is 7.67. The second kappa shape index (κ2) is 6.77. The van der Waals surface area contributed by atoms with Crippen molar-refractivity contribution in [1.82, 2.24) is 9.88 Å². The summed E-state index contributed by atoms with van der Waals surface area (Å²) in [6.07, 6.45) is 0.791. The van der Waals surface area contributed by atoms with Gasteiger partial charge in [-0.1, -0.05) is 23.7 Å². The number of hydrogen-bond acceptors (Lipinski definition) is 2. The highest BCUT2D eigenvalue weighted by Gasteiger charge is 2.17. The molecule has 120 valence electrons. The maximum absolute atomic E-state index is 12.5. The Bertz CT molecular complexity index is 817. The van der Waals surface area contributed by atoms with Gasteiger partial charge in [-0.15, -0.1) is 11.3 Å². The van der Waals surface area contributed by atoms with Crippen molar-refractivity contribution < 1.29 is 4.79 Å². The monoisotopic (exact) mass is 346 g/mol. The fourth-order valence-electron chi connectivity index (χ4n) is 2.74. The van der Waals surface area contributed by atoms with Gasteiger partial charge in [-0.25, -0.2) is 0 Å². The van der Waals surface area contributed by atoms with Gasteiger partial charge in [-0.3, -0.25) is 4.79 Å². The molecule has 1 amide bonds. The first-order chi connectivity index (χ1) is 11.1. The quantitative estimate of drug-likeness (QED) is 0.699. The van der Waals surface area contributed by atoms with Crippen molar-refractivity contribution in [2.45, 2.75) is 26.3 Å². The van der Waals surface area contributed by atoms with Crippen molar-refractivity contribution in [2.75, 3.05) is 6.54 Å². The van der Waals surface area contributed by atoms with E-state index in [0.29, 0.717) is 6.54 Å². The van der Waals surface area contributed by atoms with Crippen LogP contribution in [0.1, 0.15) is 35.9 Å². The number of hydrogen-bond donors (Lipinski definition) is 1. The summed E-state index contributed by atoms with van der Waals surface area (Å²) in [4.78, 5) is 12.5. The number of nitrogens with one attached hydrogen (secondary N) is 1. The molecule has 0 aliphatic heterocycles. The number of amides is 1. The largest absolute Gasteiger partial charge is 0.350 e. The average Bonchev–Trinajstić information content (AvgIpc) is 3.09. The fourth-order valence-corrected chi connectivity index (χ4v) is 3.67. The molecular weight excluding hydrogens is 328 g/mol. The number of benzene rings is 1. The summed E-state index contributed by atoms with van der Waals surface area (Å²) in [6.45, 7) is 4.81. The minimum absolute atomic E-state index is 0.0175. The van der Waals surface area contributed by atoms with E-state index in [4.69, 9.17) is 11.6 Å².